The fourth-order valence-electron chi connectivity index (χ4n) is 3.08. The quantitative estimate of drug-likeness (QED) is 0.447. The topological polar surface area (TPSA) is 72.4 Å². The summed E-state index contributed by atoms with van der Waals surface area (Å²) in [4.78, 5) is 8.80. The zero-order valence-corrected chi connectivity index (χ0v) is 16.2. The highest BCUT2D eigenvalue weighted by Crippen LogP contribution is 2.48. The molecule has 1 aliphatic heterocycles. The second kappa shape index (κ2) is 6.40. The molecule has 5 rings (SSSR count). The predicted octanol–water partition coefficient (Wildman–Crippen LogP) is 5.06. The van der Waals surface area contributed by atoms with Crippen molar-refractivity contribution in [2.24, 2.45) is 0 Å². The van der Waals surface area contributed by atoms with E-state index in [1.54, 1.807) is 36.4 Å². The molecule has 144 valence electrons. The third kappa shape index (κ3) is 2.88. The van der Waals surface area contributed by atoms with Crippen LogP contribution in [0.3, 0.4) is 0 Å². The van der Waals surface area contributed by atoms with Crippen LogP contribution in [-0.4, -0.2) is 18.4 Å². The number of hydrogen-bond acceptors (Lipinski definition) is 5. The molecule has 0 bridgehead atoms. The minimum Gasteiger partial charge on any atom is -0.434 e. The van der Waals surface area contributed by atoms with Gasteiger partial charge in [-0.15, -0.1) is 0 Å². The van der Waals surface area contributed by atoms with E-state index >= 15 is 0 Å². The Morgan fingerprint density at radius 2 is 1.62 bits per heavy atom. The zero-order valence-electron chi connectivity index (χ0n) is 14.6. The summed E-state index contributed by atoms with van der Waals surface area (Å²) < 4.78 is 47.2. The van der Waals surface area contributed by atoms with Crippen LogP contribution in [0, 0.1) is 5.82 Å². The Balaban J connectivity index is 1.81. The van der Waals surface area contributed by atoms with Crippen LogP contribution in [0.4, 0.5) is 15.9 Å². The largest absolute Gasteiger partial charge is 0.434 e. The number of fused-ring (bicyclic) bond motifs is 3. The van der Waals surface area contributed by atoms with E-state index in [4.69, 9.17) is 16.3 Å². The van der Waals surface area contributed by atoms with Crippen LogP contribution in [0.25, 0.3) is 11.0 Å². The van der Waals surface area contributed by atoms with Crippen molar-refractivity contribution in [2.75, 3.05) is 4.31 Å². The molecule has 0 fully saturated rings. The van der Waals surface area contributed by atoms with Crippen molar-refractivity contribution in [3.63, 3.8) is 0 Å². The van der Waals surface area contributed by atoms with Gasteiger partial charge in [0.1, 0.15) is 11.5 Å². The van der Waals surface area contributed by atoms with Crippen molar-refractivity contribution in [3.8, 4) is 11.6 Å². The maximum absolute atomic E-state index is 13.5. The molecule has 0 saturated carbocycles. The van der Waals surface area contributed by atoms with E-state index in [1.807, 2.05) is 0 Å². The Morgan fingerprint density at radius 3 is 2.34 bits per heavy atom. The first-order valence-corrected chi connectivity index (χ1v) is 10.3. The third-order valence-corrected chi connectivity index (χ3v) is 6.37. The second-order valence-electron chi connectivity index (χ2n) is 6.28. The number of ether oxygens (including phenoxy) is 1. The van der Waals surface area contributed by atoms with Crippen LogP contribution in [0.15, 0.2) is 71.6 Å². The molecular formula is C20H11ClFN3O3S. The Hall–Kier alpha value is -3.23. The highest BCUT2D eigenvalue weighted by molar-refractivity contribution is 7.93. The molecule has 4 aromatic rings. The Labute approximate surface area is 170 Å². The third-order valence-electron chi connectivity index (χ3n) is 4.41. The molecule has 6 nitrogen and oxygen atoms in total. The number of benzene rings is 3. The maximum Gasteiger partial charge on any atom is 0.270 e. The zero-order chi connectivity index (χ0) is 20.2. The van der Waals surface area contributed by atoms with Gasteiger partial charge in [-0.2, -0.15) is 0 Å². The van der Waals surface area contributed by atoms with Gasteiger partial charge in [0.15, 0.2) is 5.75 Å². The van der Waals surface area contributed by atoms with Gasteiger partial charge in [0.2, 0.25) is 5.82 Å². The van der Waals surface area contributed by atoms with Crippen molar-refractivity contribution < 1.29 is 17.5 Å². The molecule has 0 atom stereocenters. The summed E-state index contributed by atoms with van der Waals surface area (Å²) in [5.41, 5.74) is 1.25. The Morgan fingerprint density at radius 1 is 0.931 bits per heavy atom. The summed E-state index contributed by atoms with van der Waals surface area (Å²) in [6, 6.07) is 16.2. The molecule has 0 amide bonds. The fraction of sp³-hybridized carbons (Fsp3) is 0. The number of aromatic nitrogens is 2. The number of hydrogen-bond donors (Lipinski definition) is 0. The van der Waals surface area contributed by atoms with Gasteiger partial charge in [-0.1, -0.05) is 23.7 Å². The molecule has 0 unspecified atom stereocenters. The number of rotatable bonds is 2. The normalized spacial score (nSPS) is 13.0. The molecule has 1 aromatic heterocycles. The lowest BCUT2D eigenvalue weighted by Crippen LogP contribution is -2.30. The highest BCUT2D eigenvalue weighted by atomic mass is 35.5. The molecule has 0 N–H and O–H groups in total. The van der Waals surface area contributed by atoms with E-state index in [0.29, 0.717) is 16.1 Å². The van der Waals surface area contributed by atoms with E-state index in [-0.39, 0.29) is 28.0 Å². The lowest BCUT2D eigenvalue weighted by atomic mass is 10.2. The molecule has 9 heteroatoms. The number of nitrogens with zero attached hydrogens (tertiary/aromatic N) is 3. The van der Waals surface area contributed by atoms with Gasteiger partial charge < -0.3 is 4.74 Å². The molecule has 2 heterocycles. The first-order chi connectivity index (χ1) is 13.9. The molecule has 0 saturated heterocycles. The summed E-state index contributed by atoms with van der Waals surface area (Å²) >= 11 is 6.12. The van der Waals surface area contributed by atoms with Crippen LogP contribution in [0.5, 0.6) is 11.6 Å². The van der Waals surface area contributed by atoms with Gasteiger partial charge in [-0.3, -0.25) is 0 Å². The van der Waals surface area contributed by atoms with Crippen molar-refractivity contribution in [3.05, 3.63) is 77.6 Å². The van der Waals surface area contributed by atoms with E-state index in [2.05, 4.69) is 9.97 Å². The molecule has 29 heavy (non-hydrogen) atoms. The monoisotopic (exact) mass is 427 g/mol. The number of anilines is 2. The predicted molar refractivity (Wildman–Crippen MR) is 107 cm³/mol. The van der Waals surface area contributed by atoms with E-state index in [0.717, 1.165) is 16.4 Å². The molecule has 1 aliphatic rings. The minimum absolute atomic E-state index is 0.00258. The van der Waals surface area contributed by atoms with Gasteiger partial charge in [0.25, 0.3) is 15.9 Å². The summed E-state index contributed by atoms with van der Waals surface area (Å²) in [6.07, 6.45) is 0. The van der Waals surface area contributed by atoms with E-state index in [1.165, 1.54) is 18.2 Å². The minimum atomic E-state index is -4.17. The summed E-state index contributed by atoms with van der Waals surface area (Å²) in [6.45, 7) is 0. The maximum atomic E-state index is 13.5. The molecule has 0 spiro atoms. The number of halogens is 2. The first kappa shape index (κ1) is 17.8. The summed E-state index contributed by atoms with van der Waals surface area (Å²) in [5.74, 6) is -0.232. The average molecular weight is 428 g/mol. The number of para-hydroxylation sites is 2. The molecule has 3 aromatic carbocycles. The van der Waals surface area contributed by atoms with Crippen molar-refractivity contribution in [1.82, 2.24) is 9.97 Å². The van der Waals surface area contributed by atoms with E-state index in [9.17, 15) is 12.8 Å². The summed E-state index contributed by atoms with van der Waals surface area (Å²) in [5, 5.41) is 0.323. The standard InChI is InChI=1S/C20H11ClFN3O3S/c21-12-5-10-18-17(11-12)25(29(26,27)14-8-6-13(22)7-9-14)19-20(28-18)24-16-4-2-1-3-15(16)23-19/h1-11H. The van der Waals surface area contributed by atoms with Gasteiger partial charge in [0, 0.05) is 5.02 Å². The van der Waals surface area contributed by atoms with Crippen molar-refractivity contribution >= 4 is 44.2 Å². The smallest absolute Gasteiger partial charge is 0.270 e. The van der Waals surface area contributed by atoms with Crippen molar-refractivity contribution in [2.45, 2.75) is 4.90 Å². The lowest BCUT2D eigenvalue weighted by molar-refractivity contribution is 0.457. The van der Waals surface area contributed by atoms with Gasteiger partial charge in [-0.05, 0) is 54.6 Å². The Bertz CT molecular complexity index is 1380. The Kier molecular flexibility index (Phi) is 3.94. The second-order valence-corrected chi connectivity index (χ2v) is 8.50. The van der Waals surface area contributed by atoms with Gasteiger partial charge >= 0.3 is 0 Å². The fourth-order valence-corrected chi connectivity index (χ4v) is 4.69. The van der Waals surface area contributed by atoms with Crippen LogP contribution in [0.2, 0.25) is 5.02 Å². The first-order valence-electron chi connectivity index (χ1n) is 8.48. The number of sulfonamides is 1. The van der Waals surface area contributed by atoms with Crippen LogP contribution < -0.4 is 9.04 Å². The SMILES string of the molecule is O=S(=O)(c1ccc(F)cc1)N1c2cc(Cl)ccc2Oc2nc3ccccc3nc21. The van der Waals surface area contributed by atoms with Crippen LogP contribution in [-0.2, 0) is 10.0 Å². The average Bonchev–Trinajstić information content (AvgIpc) is 2.71. The molecule has 0 radical (unpaired) electrons. The van der Waals surface area contributed by atoms with Gasteiger partial charge in [-0.25, -0.2) is 27.1 Å². The lowest BCUT2D eigenvalue weighted by Gasteiger charge is -2.30. The molecular weight excluding hydrogens is 417 g/mol. The highest BCUT2D eigenvalue weighted by Gasteiger charge is 2.37. The van der Waals surface area contributed by atoms with E-state index < -0.39 is 15.8 Å². The van der Waals surface area contributed by atoms with Gasteiger partial charge in [0.05, 0.1) is 15.9 Å². The van der Waals surface area contributed by atoms with Crippen LogP contribution in [0.1, 0.15) is 0 Å². The van der Waals surface area contributed by atoms with Crippen LogP contribution >= 0.6 is 11.6 Å². The van der Waals surface area contributed by atoms with Crippen molar-refractivity contribution in [1.29, 1.82) is 0 Å². The molecule has 0 aliphatic carbocycles. The summed E-state index contributed by atoms with van der Waals surface area (Å²) in [7, 11) is -4.17.